The van der Waals surface area contributed by atoms with Crippen LogP contribution in [0.4, 0.5) is 0 Å². The third kappa shape index (κ3) is 7.55. The number of guanidine groups is 1. The van der Waals surface area contributed by atoms with Gasteiger partial charge < -0.3 is 20.2 Å². The molecule has 2 unspecified atom stereocenters. The molecule has 0 spiro atoms. The molecular formula is C18H33N3O2. The van der Waals surface area contributed by atoms with E-state index in [9.17, 15) is 5.11 Å². The minimum Gasteiger partial charge on any atom is -0.466 e. The molecule has 1 aromatic heterocycles. The van der Waals surface area contributed by atoms with E-state index in [1.807, 2.05) is 6.92 Å². The van der Waals surface area contributed by atoms with E-state index in [2.05, 4.69) is 43.3 Å². The number of aliphatic imine (C=N–C) groups is 1. The lowest BCUT2D eigenvalue weighted by Gasteiger charge is -2.24. The Morgan fingerprint density at radius 1 is 1.35 bits per heavy atom. The van der Waals surface area contributed by atoms with Crippen LogP contribution in [0.5, 0.6) is 0 Å². The third-order valence-corrected chi connectivity index (χ3v) is 3.65. The van der Waals surface area contributed by atoms with Crippen LogP contribution >= 0.6 is 0 Å². The van der Waals surface area contributed by atoms with Crippen LogP contribution in [-0.2, 0) is 5.60 Å². The molecule has 5 heteroatoms. The standard InChI is InChI=1S/C18H33N3O2/c1-7-19-16(21-14(2)10-11-17(3,4)5)20-13-18(6,22)15-9-8-12-23-15/h8-9,12,14,22H,7,10-11,13H2,1-6H3,(H2,19,20,21). The van der Waals surface area contributed by atoms with E-state index in [4.69, 9.17) is 4.42 Å². The van der Waals surface area contributed by atoms with E-state index in [0.717, 1.165) is 25.3 Å². The number of aliphatic hydroxyl groups is 1. The van der Waals surface area contributed by atoms with Crippen molar-refractivity contribution in [2.24, 2.45) is 10.4 Å². The van der Waals surface area contributed by atoms with Crippen LogP contribution in [0.25, 0.3) is 0 Å². The van der Waals surface area contributed by atoms with Crippen LogP contribution < -0.4 is 10.6 Å². The third-order valence-electron chi connectivity index (χ3n) is 3.65. The Bertz CT molecular complexity index is 473. The van der Waals surface area contributed by atoms with Gasteiger partial charge in [-0.3, -0.25) is 0 Å². The fourth-order valence-corrected chi connectivity index (χ4v) is 2.17. The van der Waals surface area contributed by atoms with E-state index >= 15 is 0 Å². The zero-order valence-corrected chi connectivity index (χ0v) is 15.4. The summed E-state index contributed by atoms with van der Waals surface area (Å²) in [6.45, 7) is 13.7. The Kier molecular flexibility index (Phi) is 7.13. The minimum absolute atomic E-state index is 0.238. The molecule has 0 radical (unpaired) electrons. The minimum atomic E-state index is -1.11. The predicted molar refractivity (Wildman–Crippen MR) is 95.5 cm³/mol. The fourth-order valence-electron chi connectivity index (χ4n) is 2.17. The van der Waals surface area contributed by atoms with Crippen LogP contribution in [0.1, 0.15) is 60.1 Å². The number of nitrogens with zero attached hydrogens (tertiary/aromatic N) is 1. The van der Waals surface area contributed by atoms with Gasteiger partial charge in [0.1, 0.15) is 11.4 Å². The quantitative estimate of drug-likeness (QED) is 0.532. The van der Waals surface area contributed by atoms with E-state index in [-0.39, 0.29) is 6.54 Å². The summed E-state index contributed by atoms with van der Waals surface area (Å²) in [7, 11) is 0. The van der Waals surface area contributed by atoms with Gasteiger partial charge in [-0.05, 0) is 51.2 Å². The van der Waals surface area contributed by atoms with Gasteiger partial charge >= 0.3 is 0 Å². The average molecular weight is 323 g/mol. The molecule has 132 valence electrons. The fraction of sp³-hybridized carbons (Fsp3) is 0.722. The molecule has 0 bridgehead atoms. The highest BCUT2D eigenvalue weighted by atomic mass is 16.4. The summed E-state index contributed by atoms with van der Waals surface area (Å²) in [5.41, 5.74) is -0.783. The lowest BCUT2D eigenvalue weighted by atomic mass is 9.89. The molecule has 0 fully saturated rings. The second kappa shape index (κ2) is 8.39. The van der Waals surface area contributed by atoms with E-state index < -0.39 is 5.60 Å². The zero-order valence-electron chi connectivity index (χ0n) is 15.4. The number of rotatable bonds is 7. The van der Waals surface area contributed by atoms with Gasteiger partial charge in [-0.2, -0.15) is 0 Å². The highest BCUT2D eigenvalue weighted by Crippen LogP contribution is 2.22. The summed E-state index contributed by atoms with van der Waals surface area (Å²) >= 11 is 0. The van der Waals surface area contributed by atoms with Crippen molar-refractivity contribution in [2.45, 2.75) is 66.0 Å². The van der Waals surface area contributed by atoms with Gasteiger partial charge in [-0.1, -0.05) is 20.8 Å². The maximum Gasteiger partial charge on any atom is 0.191 e. The van der Waals surface area contributed by atoms with E-state index in [1.54, 1.807) is 25.3 Å². The van der Waals surface area contributed by atoms with Crippen molar-refractivity contribution in [3.05, 3.63) is 24.2 Å². The average Bonchev–Trinajstić information content (AvgIpc) is 2.97. The second-order valence-corrected chi connectivity index (χ2v) is 7.59. The molecule has 3 N–H and O–H groups in total. The number of furan rings is 1. The van der Waals surface area contributed by atoms with Crippen molar-refractivity contribution in [1.29, 1.82) is 0 Å². The maximum atomic E-state index is 10.5. The second-order valence-electron chi connectivity index (χ2n) is 7.59. The monoisotopic (exact) mass is 323 g/mol. The number of hydrogen-bond acceptors (Lipinski definition) is 3. The lowest BCUT2D eigenvalue weighted by Crippen LogP contribution is -2.43. The molecule has 0 saturated carbocycles. The van der Waals surface area contributed by atoms with Gasteiger partial charge in [0.15, 0.2) is 5.96 Å². The molecule has 0 aliphatic heterocycles. The summed E-state index contributed by atoms with van der Waals surface area (Å²) in [5.74, 6) is 1.25. The van der Waals surface area contributed by atoms with Crippen LogP contribution in [0.3, 0.4) is 0 Å². The molecule has 1 heterocycles. The summed E-state index contributed by atoms with van der Waals surface area (Å²) in [5, 5.41) is 17.1. The molecule has 5 nitrogen and oxygen atoms in total. The highest BCUT2D eigenvalue weighted by Gasteiger charge is 2.26. The lowest BCUT2D eigenvalue weighted by molar-refractivity contribution is 0.0436. The molecule has 1 rings (SSSR count). The van der Waals surface area contributed by atoms with Gasteiger partial charge in [0, 0.05) is 12.6 Å². The smallest absolute Gasteiger partial charge is 0.191 e. The van der Waals surface area contributed by atoms with Crippen LogP contribution in [0.2, 0.25) is 0 Å². The van der Waals surface area contributed by atoms with Crippen molar-refractivity contribution < 1.29 is 9.52 Å². The van der Waals surface area contributed by atoms with E-state index in [1.165, 1.54) is 0 Å². The Hall–Kier alpha value is -1.49. The number of hydrogen-bond donors (Lipinski definition) is 3. The molecule has 2 atom stereocenters. The predicted octanol–water partition coefficient (Wildman–Crippen LogP) is 3.26. The summed E-state index contributed by atoms with van der Waals surface area (Å²) in [6, 6.07) is 3.86. The summed E-state index contributed by atoms with van der Waals surface area (Å²) < 4.78 is 5.29. The maximum absolute atomic E-state index is 10.5. The first-order chi connectivity index (χ1) is 10.6. The topological polar surface area (TPSA) is 69.8 Å². The molecular weight excluding hydrogens is 290 g/mol. The number of nitrogens with one attached hydrogen (secondary N) is 2. The van der Waals surface area contributed by atoms with Gasteiger partial charge in [0.2, 0.25) is 0 Å². The summed E-state index contributed by atoms with van der Waals surface area (Å²) in [6.07, 6.45) is 3.78. The van der Waals surface area contributed by atoms with E-state index in [0.29, 0.717) is 17.2 Å². The van der Waals surface area contributed by atoms with Crippen molar-refractivity contribution in [1.82, 2.24) is 10.6 Å². The Morgan fingerprint density at radius 2 is 2.04 bits per heavy atom. The first-order valence-electron chi connectivity index (χ1n) is 8.45. The molecule has 0 aliphatic carbocycles. The molecule has 1 aromatic rings. The van der Waals surface area contributed by atoms with Gasteiger partial charge in [-0.25, -0.2) is 4.99 Å². The molecule has 23 heavy (non-hydrogen) atoms. The van der Waals surface area contributed by atoms with Crippen LogP contribution in [0.15, 0.2) is 27.8 Å². The van der Waals surface area contributed by atoms with Gasteiger partial charge in [-0.15, -0.1) is 0 Å². The summed E-state index contributed by atoms with van der Waals surface area (Å²) in [4.78, 5) is 4.51. The molecule has 0 saturated heterocycles. The Morgan fingerprint density at radius 3 is 2.57 bits per heavy atom. The highest BCUT2D eigenvalue weighted by molar-refractivity contribution is 5.80. The Labute approximate surface area is 140 Å². The molecule has 0 amide bonds. The largest absolute Gasteiger partial charge is 0.466 e. The van der Waals surface area contributed by atoms with Gasteiger partial charge in [0.25, 0.3) is 0 Å². The molecule has 0 aromatic carbocycles. The van der Waals surface area contributed by atoms with Crippen molar-refractivity contribution in [3.8, 4) is 0 Å². The van der Waals surface area contributed by atoms with Gasteiger partial charge in [0.05, 0.1) is 12.8 Å². The van der Waals surface area contributed by atoms with Crippen molar-refractivity contribution in [3.63, 3.8) is 0 Å². The van der Waals surface area contributed by atoms with Crippen LogP contribution in [-0.4, -0.2) is 30.2 Å². The SMILES string of the molecule is CCNC(=NCC(C)(O)c1ccco1)NC(C)CCC(C)(C)C. The van der Waals surface area contributed by atoms with Crippen molar-refractivity contribution >= 4 is 5.96 Å². The zero-order chi connectivity index (χ0) is 17.5. The van der Waals surface area contributed by atoms with Crippen molar-refractivity contribution in [2.75, 3.05) is 13.1 Å². The first kappa shape index (κ1) is 19.6. The molecule has 0 aliphatic rings. The first-order valence-corrected chi connectivity index (χ1v) is 8.45. The Balaban J connectivity index is 2.62. The van der Waals surface area contributed by atoms with Crippen LogP contribution in [0, 0.1) is 5.41 Å². The normalized spacial score (nSPS) is 16.7.